The van der Waals surface area contributed by atoms with E-state index in [1.807, 2.05) is 18.3 Å². The molecule has 0 amide bonds. The predicted molar refractivity (Wildman–Crippen MR) is 89.2 cm³/mol. The van der Waals surface area contributed by atoms with Crippen LogP contribution in [0.25, 0.3) is 11.1 Å². The molecule has 0 aliphatic heterocycles. The van der Waals surface area contributed by atoms with Crippen LogP contribution in [-0.2, 0) is 16.4 Å². The number of aryl methyl sites for hydroxylation is 1. The Kier molecular flexibility index (Phi) is 4.77. The highest BCUT2D eigenvalue weighted by atomic mass is 32.2. The fraction of sp³-hybridized carbons (Fsp3) is 0.250. The third-order valence-corrected chi connectivity index (χ3v) is 5.07. The van der Waals surface area contributed by atoms with E-state index in [1.165, 1.54) is 18.2 Å². The molecule has 0 radical (unpaired) electrons. The average Bonchev–Trinajstić information content (AvgIpc) is 2.94. The molecule has 2 heterocycles. The molecule has 0 aliphatic rings. The molecular formula is C16H17N3O4S. The Bertz CT molecular complexity index is 977. The molecule has 0 spiro atoms. The molecule has 0 unspecified atom stereocenters. The van der Waals surface area contributed by atoms with Crippen LogP contribution < -0.4 is 10.5 Å². The van der Waals surface area contributed by atoms with Crippen LogP contribution in [0.4, 0.5) is 0 Å². The van der Waals surface area contributed by atoms with Crippen molar-refractivity contribution in [1.29, 1.82) is 0 Å². The van der Waals surface area contributed by atoms with Gasteiger partial charge < -0.3 is 4.42 Å². The lowest BCUT2D eigenvalue weighted by Crippen LogP contribution is -2.24. The summed E-state index contributed by atoms with van der Waals surface area (Å²) in [6.07, 6.45) is 5.97. The van der Waals surface area contributed by atoms with Crippen molar-refractivity contribution in [3.63, 3.8) is 0 Å². The van der Waals surface area contributed by atoms with Crippen molar-refractivity contribution in [3.05, 3.63) is 58.8 Å². The first-order valence-corrected chi connectivity index (χ1v) is 9.04. The van der Waals surface area contributed by atoms with Gasteiger partial charge in [0.05, 0.1) is 10.4 Å². The molecule has 7 nitrogen and oxygen atoms in total. The molecule has 0 atom stereocenters. The first kappa shape index (κ1) is 16.4. The fourth-order valence-electron chi connectivity index (χ4n) is 2.38. The topological polar surface area (TPSA) is 105 Å². The van der Waals surface area contributed by atoms with E-state index in [0.717, 1.165) is 24.8 Å². The molecule has 0 bridgehead atoms. The first-order valence-electron chi connectivity index (χ1n) is 7.56. The number of nitrogens with one attached hydrogen (secondary N) is 2. The Morgan fingerprint density at radius 3 is 2.88 bits per heavy atom. The first-order chi connectivity index (χ1) is 11.5. The van der Waals surface area contributed by atoms with Crippen LogP contribution in [0.3, 0.4) is 0 Å². The molecule has 126 valence electrons. The lowest BCUT2D eigenvalue weighted by Gasteiger charge is -2.06. The summed E-state index contributed by atoms with van der Waals surface area (Å²) in [5, 5.41) is 0. The molecule has 3 aromatic rings. The molecule has 0 saturated carbocycles. The summed E-state index contributed by atoms with van der Waals surface area (Å²) >= 11 is 0. The maximum absolute atomic E-state index is 12.3. The standard InChI is InChI=1S/C16H17N3O4S/c20-16-19-14-7-6-13(10-15(14)23-16)24(21,22)18-9-2-1-4-12-5-3-8-17-11-12/h3,5-8,10-11,18H,1-2,4,9H2,(H,19,20). The SMILES string of the molecule is O=c1[nH]c2ccc(S(=O)(=O)NCCCCc3cccnc3)cc2o1. The van der Waals surface area contributed by atoms with Gasteiger partial charge in [-0.15, -0.1) is 0 Å². The zero-order valence-electron chi connectivity index (χ0n) is 12.9. The maximum atomic E-state index is 12.3. The summed E-state index contributed by atoms with van der Waals surface area (Å²) in [6.45, 7) is 0.345. The van der Waals surface area contributed by atoms with Crippen LogP contribution in [-0.4, -0.2) is 24.9 Å². The van der Waals surface area contributed by atoms with E-state index in [0.29, 0.717) is 12.1 Å². The third-order valence-electron chi connectivity index (χ3n) is 3.61. The molecule has 0 fully saturated rings. The van der Waals surface area contributed by atoms with E-state index in [9.17, 15) is 13.2 Å². The summed E-state index contributed by atoms with van der Waals surface area (Å²) in [6, 6.07) is 8.17. The van der Waals surface area contributed by atoms with Crippen molar-refractivity contribution in [2.24, 2.45) is 0 Å². The van der Waals surface area contributed by atoms with Gasteiger partial charge in [0, 0.05) is 25.0 Å². The number of rotatable bonds is 7. The molecule has 0 saturated heterocycles. The van der Waals surface area contributed by atoms with Gasteiger partial charge in [0.2, 0.25) is 10.0 Å². The highest BCUT2D eigenvalue weighted by Crippen LogP contribution is 2.16. The van der Waals surface area contributed by atoms with Gasteiger partial charge in [-0.05, 0) is 43.0 Å². The molecule has 0 aliphatic carbocycles. The van der Waals surface area contributed by atoms with E-state index < -0.39 is 15.8 Å². The number of aromatic amines is 1. The number of nitrogens with zero attached hydrogens (tertiary/aromatic N) is 1. The van der Waals surface area contributed by atoms with Gasteiger partial charge in [-0.1, -0.05) is 6.07 Å². The molecule has 8 heteroatoms. The lowest BCUT2D eigenvalue weighted by molar-refractivity contribution is 0.553. The van der Waals surface area contributed by atoms with Crippen molar-refractivity contribution < 1.29 is 12.8 Å². The zero-order valence-corrected chi connectivity index (χ0v) is 13.7. The number of hydrogen-bond donors (Lipinski definition) is 2. The third kappa shape index (κ3) is 3.90. The summed E-state index contributed by atoms with van der Waals surface area (Å²) < 4.78 is 32.0. The van der Waals surface area contributed by atoms with E-state index >= 15 is 0 Å². The summed E-state index contributed by atoms with van der Waals surface area (Å²) in [5.41, 5.74) is 1.82. The van der Waals surface area contributed by atoms with Gasteiger partial charge in [-0.25, -0.2) is 17.9 Å². The molecule has 24 heavy (non-hydrogen) atoms. The van der Waals surface area contributed by atoms with Crippen LogP contribution in [0.1, 0.15) is 18.4 Å². The van der Waals surface area contributed by atoms with Crippen LogP contribution in [0.5, 0.6) is 0 Å². The van der Waals surface area contributed by atoms with E-state index in [1.54, 1.807) is 6.20 Å². The van der Waals surface area contributed by atoms with Crippen LogP contribution >= 0.6 is 0 Å². The summed E-state index contributed by atoms with van der Waals surface area (Å²) in [4.78, 5) is 17.7. The van der Waals surface area contributed by atoms with Crippen molar-refractivity contribution in [3.8, 4) is 0 Å². The average molecular weight is 347 g/mol. The monoisotopic (exact) mass is 347 g/mol. The Balaban J connectivity index is 1.56. The van der Waals surface area contributed by atoms with Gasteiger partial charge in [0.1, 0.15) is 0 Å². The highest BCUT2D eigenvalue weighted by molar-refractivity contribution is 7.89. The van der Waals surface area contributed by atoms with E-state index in [2.05, 4.69) is 14.7 Å². The minimum Gasteiger partial charge on any atom is -0.408 e. The van der Waals surface area contributed by atoms with Crippen molar-refractivity contribution >= 4 is 21.1 Å². The second-order valence-corrected chi connectivity index (χ2v) is 7.16. The minimum absolute atomic E-state index is 0.0741. The molecular weight excluding hydrogens is 330 g/mol. The highest BCUT2D eigenvalue weighted by Gasteiger charge is 2.15. The van der Waals surface area contributed by atoms with Crippen LogP contribution in [0.2, 0.25) is 0 Å². The quantitative estimate of drug-likeness (QED) is 0.634. The molecule has 3 rings (SSSR count). The Labute approximate surface area is 138 Å². The van der Waals surface area contributed by atoms with Gasteiger partial charge >= 0.3 is 5.76 Å². The van der Waals surface area contributed by atoms with Gasteiger partial charge in [0.25, 0.3) is 0 Å². The van der Waals surface area contributed by atoms with Gasteiger partial charge in [0.15, 0.2) is 5.58 Å². The Hall–Kier alpha value is -2.45. The van der Waals surface area contributed by atoms with E-state index in [4.69, 9.17) is 4.42 Å². The number of H-pyrrole nitrogens is 1. The Morgan fingerprint density at radius 2 is 2.08 bits per heavy atom. The fourth-order valence-corrected chi connectivity index (χ4v) is 3.47. The van der Waals surface area contributed by atoms with Gasteiger partial charge in [-0.2, -0.15) is 0 Å². The second-order valence-electron chi connectivity index (χ2n) is 5.39. The largest absolute Gasteiger partial charge is 0.417 e. The summed E-state index contributed by atoms with van der Waals surface area (Å²) in [7, 11) is -3.63. The maximum Gasteiger partial charge on any atom is 0.417 e. The van der Waals surface area contributed by atoms with E-state index in [-0.39, 0.29) is 10.5 Å². The van der Waals surface area contributed by atoms with Gasteiger partial charge in [-0.3, -0.25) is 9.97 Å². The predicted octanol–water partition coefficient (Wildman–Crippen LogP) is 1.82. The normalized spacial score (nSPS) is 11.8. The second kappa shape index (κ2) is 6.98. The number of sulfonamides is 1. The number of oxazole rings is 1. The molecule has 2 N–H and O–H groups in total. The molecule has 1 aromatic carbocycles. The minimum atomic E-state index is -3.63. The number of unbranched alkanes of at least 4 members (excludes halogenated alkanes) is 1. The lowest BCUT2D eigenvalue weighted by atomic mass is 10.1. The zero-order chi connectivity index (χ0) is 17.0. The van der Waals surface area contributed by atoms with Crippen LogP contribution in [0.15, 0.2) is 56.8 Å². The van der Waals surface area contributed by atoms with Crippen molar-refractivity contribution in [1.82, 2.24) is 14.7 Å². The van der Waals surface area contributed by atoms with Crippen molar-refractivity contribution in [2.45, 2.75) is 24.2 Å². The number of benzene rings is 1. The number of hydrogen-bond acceptors (Lipinski definition) is 5. The Morgan fingerprint density at radius 1 is 1.21 bits per heavy atom. The van der Waals surface area contributed by atoms with Crippen LogP contribution in [0, 0.1) is 0 Å². The summed E-state index contributed by atoms with van der Waals surface area (Å²) in [5.74, 6) is -0.608. The number of aromatic nitrogens is 2. The smallest absolute Gasteiger partial charge is 0.408 e. The molecule has 2 aromatic heterocycles. The van der Waals surface area contributed by atoms with Crippen molar-refractivity contribution in [2.75, 3.05) is 6.54 Å². The number of pyridine rings is 1. The number of fused-ring (bicyclic) bond motifs is 1.